The maximum atomic E-state index is 12.3. The zero-order chi connectivity index (χ0) is 16.1. The van der Waals surface area contributed by atoms with Crippen LogP contribution in [0.4, 0.5) is 10.5 Å². The molecular weight excluding hydrogens is 292 g/mol. The monoisotopic (exact) mass is 312 g/mol. The lowest BCUT2D eigenvalue weighted by Gasteiger charge is -2.31. The molecule has 0 bridgehead atoms. The highest BCUT2D eigenvalue weighted by Crippen LogP contribution is 2.17. The van der Waals surface area contributed by atoms with Crippen molar-refractivity contribution >= 4 is 11.7 Å². The van der Waals surface area contributed by atoms with Crippen LogP contribution in [0, 0.1) is 6.92 Å². The van der Waals surface area contributed by atoms with Crippen LogP contribution >= 0.6 is 0 Å². The minimum Gasteiger partial charge on any atom is -0.460 e. The lowest BCUT2D eigenvalue weighted by Crippen LogP contribution is -2.43. The number of urea groups is 1. The summed E-state index contributed by atoms with van der Waals surface area (Å²) in [5, 5.41) is 2.94. The Morgan fingerprint density at radius 2 is 1.96 bits per heavy atom. The van der Waals surface area contributed by atoms with Crippen LogP contribution in [0.5, 0.6) is 6.01 Å². The summed E-state index contributed by atoms with van der Waals surface area (Å²) in [5.41, 5.74) is 1.95. The molecule has 0 unspecified atom stereocenters. The Balaban J connectivity index is 1.49. The Hall–Kier alpha value is -2.63. The molecule has 1 aliphatic rings. The lowest BCUT2D eigenvalue weighted by atomic mass is 10.1. The molecule has 1 N–H and O–H groups in total. The third-order valence-electron chi connectivity index (χ3n) is 3.81. The van der Waals surface area contributed by atoms with Crippen molar-refractivity contribution in [1.29, 1.82) is 0 Å². The minimum atomic E-state index is -0.0648. The van der Waals surface area contributed by atoms with E-state index >= 15 is 0 Å². The van der Waals surface area contributed by atoms with E-state index in [0.717, 1.165) is 24.1 Å². The van der Waals surface area contributed by atoms with Crippen LogP contribution in [0.3, 0.4) is 0 Å². The SMILES string of the molecule is Cc1cccc(NC(=O)N2CCC(Oc3ncccn3)CC2)c1. The van der Waals surface area contributed by atoms with Crippen LogP contribution in [0.1, 0.15) is 18.4 Å². The van der Waals surface area contributed by atoms with E-state index in [1.54, 1.807) is 18.5 Å². The Morgan fingerprint density at radius 3 is 2.65 bits per heavy atom. The third-order valence-corrected chi connectivity index (χ3v) is 3.81. The molecule has 1 aromatic heterocycles. The van der Waals surface area contributed by atoms with Gasteiger partial charge in [-0.15, -0.1) is 0 Å². The fourth-order valence-corrected chi connectivity index (χ4v) is 2.60. The Bertz CT molecular complexity index is 655. The Kier molecular flexibility index (Phi) is 4.71. The predicted octanol–water partition coefficient (Wildman–Crippen LogP) is 2.86. The van der Waals surface area contributed by atoms with Crippen molar-refractivity contribution in [3.8, 4) is 6.01 Å². The second kappa shape index (κ2) is 7.09. The average Bonchev–Trinajstić information content (AvgIpc) is 2.56. The molecule has 2 amide bonds. The normalized spacial score (nSPS) is 15.3. The first-order valence-electron chi connectivity index (χ1n) is 7.77. The molecule has 0 spiro atoms. The van der Waals surface area contributed by atoms with Crippen LogP contribution in [-0.2, 0) is 0 Å². The first-order valence-corrected chi connectivity index (χ1v) is 7.77. The summed E-state index contributed by atoms with van der Waals surface area (Å²) in [5.74, 6) is 0. The number of benzene rings is 1. The number of piperidine rings is 1. The van der Waals surface area contributed by atoms with Crippen molar-refractivity contribution in [3.05, 3.63) is 48.3 Å². The second-order valence-electron chi connectivity index (χ2n) is 5.64. The molecule has 0 aliphatic carbocycles. The van der Waals surface area contributed by atoms with Crippen molar-refractivity contribution < 1.29 is 9.53 Å². The van der Waals surface area contributed by atoms with Gasteiger partial charge >= 0.3 is 12.0 Å². The first-order chi connectivity index (χ1) is 11.2. The minimum absolute atomic E-state index is 0.0559. The topological polar surface area (TPSA) is 67.4 Å². The van der Waals surface area contributed by atoms with Gasteiger partial charge < -0.3 is 15.0 Å². The largest absolute Gasteiger partial charge is 0.460 e. The molecule has 6 heteroatoms. The molecule has 120 valence electrons. The maximum absolute atomic E-state index is 12.3. The number of likely N-dealkylation sites (tertiary alicyclic amines) is 1. The third kappa shape index (κ3) is 4.18. The molecular formula is C17H20N4O2. The number of hydrogen-bond acceptors (Lipinski definition) is 4. The number of carbonyl (C=O) groups is 1. The number of ether oxygens (including phenoxy) is 1. The molecule has 1 aromatic carbocycles. The van der Waals surface area contributed by atoms with E-state index in [0.29, 0.717) is 19.1 Å². The summed E-state index contributed by atoms with van der Waals surface area (Å²) in [7, 11) is 0. The fraction of sp³-hybridized carbons (Fsp3) is 0.353. The van der Waals surface area contributed by atoms with Gasteiger partial charge in [-0.05, 0) is 30.7 Å². The molecule has 6 nitrogen and oxygen atoms in total. The molecule has 3 rings (SSSR count). The van der Waals surface area contributed by atoms with E-state index < -0.39 is 0 Å². The van der Waals surface area contributed by atoms with Gasteiger partial charge in [-0.25, -0.2) is 14.8 Å². The number of nitrogens with zero attached hydrogens (tertiary/aromatic N) is 3. The number of hydrogen-bond donors (Lipinski definition) is 1. The number of anilines is 1. The van der Waals surface area contributed by atoms with E-state index in [1.807, 2.05) is 36.1 Å². The van der Waals surface area contributed by atoms with E-state index in [9.17, 15) is 4.79 Å². The number of rotatable bonds is 3. The van der Waals surface area contributed by atoms with Crippen molar-refractivity contribution in [2.45, 2.75) is 25.9 Å². The van der Waals surface area contributed by atoms with Gasteiger partial charge in [-0.2, -0.15) is 0 Å². The molecule has 2 aromatic rings. The van der Waals surface area contributed by atoms with E-state index in [1.165, 1.54) is 0 Å². The molecule has 2 heterocycles. The van der Waals surface area contributed by atoms with Gasteiger partial charge in [-0.3, -0.25) is 0 Å². The predicted molar refractivity (Wildman–Crippen MR) is 87.5 cm³/mol. The molecule has 0 saturated carbocycles. The summed E-state index contributed by atoms with van der Waals surface area (Å²) in [6.45, 7) is 3.33. The molecule has 1 aliphatic heterocycles. The van der Waals surface area contributed by atoms with Crippen LogP contribution in [0.2, 0.25) is 0 Å². The van der Waals surface area contributed by atoms with Gasteiger partial charge in [0.25, 0.3) is 0 Å². The Morgan fingerprint density at radius 1 is 1.22 bits per heavy atom. The van der Waals surface area contributed by atoms with Crippen molar-refractivity contribution in [3.63, 3.8) is 0 Å². The van der Waals surface area contributed by atoms with Gasteiger partial charge in [0.05, 0.1) is 0 Å². The number of aryl methyl sites for hydroxylation is 1. The number of carbonyl (C=O) groups excluding carboxylic acids is 1. The standard InChI is InChI=1S/C17H20N4O2/c1-13-4-2-5-14(12-13)20-17(22)21-10-6-15(7-11-21)23-16-18-8-3-9-19-16/h2-5,8-9,12,15H,6-7,10-11H2,1H3,(H,20,22). The Labute approximate surface area is 135 Å². The van der Waals surface area contributed by atoms with E-state index in [2.05, 4.69) is 15.3 Å². The van der Waals surface area contributed by atoms with Gasteiger partial charge in [0.1, 0.15) is 6.10 Å². The lowest BCUT2D eigenvalue weighted by molar-refractivity contribution is 0.107. The maximum Gasteiger partial charge on any atom is 0.321 e. The zero-order valence-corrected chi connectivity index (χ0v) is 13.1. The van der Waals surface area contributed by atoms with Crippen LogP contribution in [0.25, 0.3) is 0 Å². The smallest absolute Gasteiger partial charge is 0.321 e. The second-order valence-corrected chi connectivity index (χ2v) is 5.64. The van der Waals surface area contributed by atoms with Gasteiger partial charge in [0.2, 0.25) is 0 Å². The number of amides is 2. The average molecular weight is 312 g/mol. The van der Waals surface area contributed by atoms with E-state index in [-0.39, 0.29) is 12.1 Å². The van der Waals surface area contributed by atoms with Crippen LogP contribution in [0.15, 0.2) is 42.7 Å². The van der Waals surface area contributed by atoms with Crippen LogP contribution in [-0.4, -0.2) is 40.1 Å². The van der Waals surface area contributed by atoms with Crippen molar-refractivity contribution in [1.82, 2.24) is 14.9 Å². The quantitative estimate of drug-likeness (QED) is 0.946. The van der Waals surface area contributed by atoms with Gasteiger partial charge in [0.15, 0.2) is 0 Å². The number of nitrogens with one attached hydrogen (secondary N) is 1. The highest BCUT2D eigenvalue weighted by molar-refractivity contribution is 5.89. The molecule has 1 saturated heterocycles. The highest BCUT2D eigenvalue weighted by Gasteiger charge is 2.24. The summed E-state index contributed by atoms with van der Waals surface area (Å²) < 4.78 is 5.74. The van der Waals surface area contributed by atoms with Gasteiger partial charge in [-0.1, -0.05) is 12.1 Å². The molecule has 0 atom stereocenters. The zero-order valence-electron chi connectivity index (χ0n) is 13.1. The molecule has 0 radical (unpaired) electrons. The summed E-state index contributed by atoms with van der Waals surface area (Å²) >= 11 is 0. The molecule has 23 heavy (non-hydrogen) atoms. The van der Waals surface area contributed by atoms with Crippen molar-refractivity contribution in [2.75, 3.05) is 18.4 Å². The van der Waals surface area contributed by atoms with Crippen LogP contribution < -0.4 is 10.1 Å². The van der Waals surface area contributed by atoms with E-state index in [4.69, 9.17) is 4.74 Å². The molecule has 1 fully saturated rings. The highest BCUT2D eigenvalue weighted by atomic mass is 16.5. The summed E-state index contributed by atoms with van der Waals surface area (Å²) in [6, 6.07) is 9.88. The first kappa shape index (κ1) is 15.3. The fourth-order valence-electron chi connectivity index (χ4n) is 2.60. The number of aromatic nitrogens is 2. The summed E-state index contributed by atoms with van der Waals surface area (Å²) in [4.78, 5) is 22.2. The van der Waals surface area contributed by atoms with Gasteiger partial charge in [0, 0.05) is 44.0 Å². The van der Waals surface area contributed by atoms with Crippen molar-refractivity contribution in [2.24, 2.45) is 0 Å². The summed E-state index contributed by atoms with van der Waals surface area (Å²) in [6.07, 6.45) is 4.93.